The molecule has 0 fully saturated rings. The van der Waals surface area contributed by atoms with Crippen LogP contribution in [-0.4, -0.2) is 5.91 Å². The Bertz CT molecular complexity index is 676. The Balaban J connectivity index is 2.10. The summed E-state index contributed by atoms with van der Waals surface area (Å²) in [6.45, 7) is 8.46. The molecule has 2 nitrogen and oxygen atoms in total. The summed E-state index contributed by atoms with van der Waals surface area (Å²) in [5.74, 6) is 0.230. The summed E-state index contributed by atoms with van der Waals surface area (Å²) in [6, 6.07) is 14.7. The van der Waals surface area contributed by atoms with Gasteiger partial charge in [0.25, 0.3) is 0 Å². The van der Waals surface area contributed by atoms with Crippen molar-refractivity contribution < 1.29 is 9.18 Å². The molecule has 0 aliphatic heterocycles. The van der Waals surface area contributed by atoms with Crippen molar-refractivity contribution in [1.29, 1.82) is 0 Å². The third-order valence-electron chi connectivity index (χ3n) is 4.25. The van der Waals surface area contributed by atoms with Gasteiger partial charge in [-0.15, -0.1) is 0 Å². The summed E-state index contributed by atoms with van der Waals surface area (Å²) in [5.41, 5.74) is 2.78. The Hall–Kier alpha value is -2.16. The maximum absolute atomic E-state index is 13.7. The lowest BCUT2D eigenvalue weighted by atomic mass is 9.93. The molecule has 1 amide bonds. The van der Waals surface area contributed by atoms with Crippen LogP contribution in [0, 0.1) is 11.7 Å². The number of hydrogen-bond donors (Lipinski definition) is 1. The molecule has 3 heteroatoms. The second-order valence-electron chi connectivity index (χ2n) is 6.88. The van der Waals surface area contributed by atoms with Gasteiger partial charge in [0.05, 0.1) is 12.5 Å². The lowest BCUT2D eigenvalue weighted by Crippen LogP contribution is -2.33. The molecular formula is C21H26FNO. The average molecular weight is 327 g/mol. The van der Waals surface area contributed by atoms with Gasteiger partial charge in [0.1, 0.15) is 5.82 Å². The van der Waals surface area contributed by atoms with E-state index in [-0.39, 0.29) is 30.1 Å². The number of rotatable bonds is 6. The van der Waals surface area contributed by atoms with E-state index in [4.69, 9.17) is 0 Å². The van der Waals surface area contributed by atoms with Crippen LogP contribution in [0.3, 0.4) is 0 Å². The number of hydrogen-bond acceptors (Lipinski definition) is 1. The molecule has 2 aromatic carbocycles. The number of benzene rings is 2. The van der Waals surface area contributed by atoms with Gasteiger partial charge in [-0.25, -0.2) is 4.39 Å². The minimum absolute atomic E-state index is 0.0555. The predicted octanol–water partition coefficient (Wildman–Crippen LogP) is 5.01. The Kier molecular flexibility index (Phi) is 6.13. The Morgan fingerprint density at radius 1 is 0.958 bits per heavy atom. The molecule has 0 aliphatic carbocycles. The highest BCUT2D eigenvalue weighted by molar-refractivity contribution is 5.79. The minimum atomic E-state index is -0.338. The third-order valence-corrected chi connectivity index (χ3v) is 4.25. The van der Waals surface area contributed by atoms with E-state index in [0.29, 0.717) is 11.5 Å². The highest BCUT2D eigenvalue weighted by atomic mass is 19.1. The van der Waals surface area contributed by atoms with Crippen molar-refractivity contribution >= 4 is 5.91 Å². The molecule has 1 atom stereocenters. The summed E-state index contributed by atoms with van der Waals surface area (Å²) in [7, 11) is 0. The molecule has 0 unspecified atom stereocenters. The number of carbonyl (C=O) groups excluding carboxylic acids is 1. The summed E-state index contributed by atoms with van der Waals surface area (Å²) >= 11 is 0. The molecule has 0 bridgehead atoms. The van der Waals surface area contributed by atoms with Crippen LogP contribution >= 0.6 is 0 Å². The van der Waals surface area contributed by atoms with E-state index in [1.165, 1.54) is 11.6 Å². The smallest absolute Gasteiger partial charge is 0.225 e. The van der Waals surface area contributed by atoms with Crippen molar-refractivity contribution in [3.8, 4) is 0 Å². The van der Waals surface area contributed by atoms with Crippen LogP contribution in [-0.2, 0) is 11.2 Å². The average Bonchev–Trinajstić information content (AvgIpc) is 2.54. The van der Waals surface area contributed by atoms with Gasteiger partial charge < -0.3 is 5.32 Å². The second-order valence-corrected chi connectivity index (χ2v) is 6.88. The van der Waals surface area contributed by atoms with Gasteiger partial charge in [-0.3, -0.25) is 4.79 Å². The first-order chi connectivity index (χ1) is 11.4. The largest absolute Gasteiger partial charge is 0.349 e. The SMILES string of the molecule is CC(C)c1ccc([C@@H](NC(=O)Cc2ccccc2F)C(C)C)cc1. The fourth-order valence-electron chi connectivity index (χ4n) is 2.76. The van der Waals surface area contributed by atoms with E-state index in [2.05, 4.69) is 57.3 Å². The van der Waals surface area contributed by atoms with Crippen LogP contribution in [0.25, 0.3) is 0 Å². The fraction of sp³-hybridized carbons (Fsp3) is 0.381. The molecule has 0 aliphatic rings. The molecular weight excluding hydrogens is 301 g/mol. The number of halogens is 1. The molecule has 0 aromatic heterocycles. The lowest BCUT2D eigenvalue weighted by Gasteiger charge is -2.23. The monoisotopic (exact) mass is 327 g/mol. The van der Waals surface area contributed by atoms with Crippen molar-refractivity contribution in [1.82, 2.24) is 5.32 Å². The Morgan fingerprint density at radius 3 is 2.08 bits per heavy atom. The maximum Gasteiger partial charge on any atom is 0.225 e. The molecule has 0 radical (unpaired) electrons. The van der Waals surface area contributed by atoms with Crippen molar-refractivity contribution in [2.75, 3.05) is 0 Å². The molecule has 0 saturated heterocycles. The maximum atomic E-state index is 13.7. The number of carbonyl (C=O) groups is 1. The van der Waals surface area contributed by atoms with E-state index in [0.717, 1.165) is 5.56 Å². The Morgan fingerprint density at radius 2 is 1.54 bits per heavy atom. The predicted molar refractivity (Wildman–Crippen MR) is 96.4 cm³/mol. The van der Waals surface area contributed by atoms with E-state index >= 15 is 0 Å². The summed E-state index contributed by atoms with van der Waals surface area (Å²) < 4.78 is 13.7. The number of amides is 1. The first-order valence-corrected chi connectivity index (χ1v) is 8.51. The molecule has 24 heavy (non-hydrogen) atoms. The fourth-order valence-corrected chi connectivity index (χ4v) is 2.76. The van der Waals surface area contributed by atoms with Crippen molar-refractivity contribution in [3.63, 3.8) is 0 Å². The van der Waals surface area contributed by atoms with Crippen molar-refractivity contribution in [2.45, 2.75) is 46.1 Å². The lowest BCUT2D eigenvalue weighted by molar-refractivity contribution is -0.121. The zero-order valence-electron chi connectivity index (χ0n) is 14.8. The molecule has 2 aromatic rings. The first-order valence-electron chi connectivity index (χ1n) is 8.51. The summed E-state index contributed by atoms with van der Waals surface area (Å²) in [5, 5.41) is 3.05. The van der Waals surface area contributed by atoms with Gasteiger partial charge >= 0.3 is 0 Å². The first kappa shape index (κ1) is 18.2. The van der Waals surface area contributed by atoms with Crippen LogP contribution in [0.4, 0.5) is 4.39 Å². The molecule has 0 spiro atoms. The van der Waals surface area contributed by atoms with Crippen LogP contribution in [0.5, 0.6) is 0 Å². The van der Waals surface area contributed by atoms with E-state index < -0.39 is 0 Å². The van der Waals surface area contributed by atoms with Gasteiger partial charge in [-0.2, -0.15) is 0 Å². The highest BCUT2D eigenvalue weighted by Crippen LogP contribution is 2.24. The van der Waals surface area contributed by atoms with Gasteiger partial charge in [0, 0.05) is 0 Å². The standard InChI is InChI=1S/C21H26FNO/c1-14(2)16-9-11-17(12-10-16)21(15(3)4)23-20(24)13-18-7-5-6-8-19(18)22/h5-12,14-15,21H,13H2,1-4H3,(H,23,24)/t21-/m0/s1. The Labute approximate surface area is 144 Å². The van der Waals surface area contributed by atoms with E-state index in [1.54, 1.807) is 18.2 Å². The molecule has 0 heterocycles. The second kappa shape index (κ2) is 8.09. The van der Waals surface area contributed by atoms with Crippen LogP contribution in [0.2, 0.25) is 0 Å². The number of nitrogens with one attached hydrogen (secondary N) is 1. The van der Waals surface area contributed by atoms with Gasteiger partial charge in [-0.05, 0) is 34.6 Å². The highest BCUT2D eigenvalue weighted by Gasteiger charge is 2.19. The van der Waals surface area contributed by atoms with E-state index in [9.17, 15) is 9.18 Å². The van der Waals surface area contributed by atoms with Crippen molar-refractivity contribution in [3.05, 3.63) is 71.0 Å². The van der Waals surface area contributed by atoms with Crippen LogP contribution in [0.1, 0.15) is 56.3 Å². The summed E-state index contributed by atoms with van der Waals surface area (Å²) in [4.78, 5) is 12.4. The zero-order valence-corrected chi connectivity index (χ0v) is 14.8. The van der Waals surface area contributed by atoms with Gasteiger partial charge in [0.15, 0.2) is 0 Å². The quantitative estimate of drug-likeness (QED) is 0.794. The molecule has 2 rings (SSSR count). The minimum Gasteiger partial charge on any atom is -0.349 e. The van der Waals surface area contributed by atoms with Crippen LogP contribution in [0.15, 0.2) is 48.5 Å². The zero-order chi connectivity index (χ0) is 17.7. The molecule has 128 valence electrons. The van der Waals surface area contributed by atoms with Gasteiger partial charge in [-0.1, -0.05) is 70.2 Å². The normalized spacial score (nSPS) is 12.5. The van der Waals surface area contributed by atoms with E-state index in [1.807, 2.05) is 0 Å². The molecule has 1 N–H and O–H groups in total. The van der Waals surface area contributed by atoms with Crippen molar-refractivity contribution in [2.24, 2.45) is 5.92 Å². The van der Waals surface area contributed by atoms with Gasteiger partial charge in [0.2, 0.25) is 5.91 Å². The summed E-state index contributed by atoms with van der Waals surface area (Å²) in [6.07, 6.45) is 0.0555. The third kappa shape index (κ3) is 4.67. The van der Waals surface area contributed by atoms with Crippen LogP contribution < -0.4 is 5.32 Å². The molecule has 0 saturated carbocycles. The topological polar surface area (TPSA) is 29.1 Å².